The topological polar surface area (TPSA) is 44.5 Å². The van der Waals surface area contributed by atoms with Crippen molar-refractivity contribution in [3.05, 3.63) is 56.2 Å². The third kappa shape index (κ3) is 3.39. The lowest BCUT2D eigenvalue weighted by atomic mass is 9.98. The van der Waals surface area contributed by atoms with Crippen molar-refractivity contribution < 1.29 is 13.9 Å². The highest BCUT2D eigenvalue weighted by molar-refractivity contribution is 9.10. The van der Waals surface area contributed by atoms with Gasteiger partial charge in [0.15, 0.2) is 0 Å². The molecule has 2 aromatic carbocycles. The standard InChI is InChI=1S/C15H14Br2FNO2/c1-20-13-7-11(17)14(21-2)6-9(13)15(19)8-3-4-10(16)12(18)5-8/h3-7,15H,19H2,1-2H3. The van der Waals surface area contributed by atoms with Crippen molar-refractivity contribution in [2.75, 3.05) is 14.2 Å². The predicted octanol–water partition coefficient (Wildman–Crippen LogP) is 4.42. The van der Waals surface area contributed by atoms with Gasteiger partial charge in [-0.3, -0.25) is 0 Å². The van der Waals surface area contributed by atoms with E-state index in [-0.39, 0.29) is 5.82 Å². The second-order valence-electron chi connectivity index (χ2n) is 4.38. The van der Waals surface area contributed by atoms with Crippen LogP contribution in [0.4, 0.5) is 4.39 Å². The lowest BCUT2D eigenvalue weighted by Crippen LogP contribution is -2.13. The normalized spacial score (nSPS) is 12.1. The minimum atomic E-state index is -0.524. The minimum Gasteiger partial charge on any atom is -0.496 e. The Morgan fingerprint density at radius 1 is 1.00 bits per heavy atom. The van der Waals surface area contributed by atoms with Crippen molar-refractivity contribution in [2.45, 2.75) is 6.04 Å². The summed E-state index contributed by atoms with van der Waals surface area (Å²) in [5, 5.41) is 0. The third-order valence-corrected chi connectivity index (χ3v) is 4.40. The largest absolute Gasteiger partial charge is 0.496 e. The highest BCUT2D eigenvalue weighted by Gasteiger charge is 2.18. The lowest BCUT2D eigenvalue weighted by molar-refractivity contribution is 0.395. The van der Waals surface area contributed by atoms with Crippen molar-refractivity contribution in [1.29, 1.82) is 0 Å². The molecule has 3 nitrogen and oxygen atoms in total. The average Bonchev–Trinajstić information content (AvgIpc) is 2.49. The lowest BCUT2D eigenvalue weighted by Gasteiger charge is -2.18. The van der Waals surface area contributed by atoms with Crippen LogP contribution in [0, 0.1) is 5.82 Å². The molecule has 0 saturated heterocycles. The van der Waals surface area contributed by atoms with Crippen LogP contribution in [-0.2, 0) is 0 Å². The molecule has 0 heterocycles. The Balaban J connectivity index is 2.50. The molecule has 21 heavy (non-hydrogen) atoms. The molecule has 0 bridgehead atoms. The van der Waals surface area contributed by atoms with Crippen LogP contribution in [0.2, 0.25) is 0 Å². The van der Waals surface area contributed by atoms with E-state index in [0.717, 1.165) is 10.0 Å². The predicted molar refractivity (Wildman–Crippen MR) is 87.4 cm³/mol. The Hall–Kier alpha value is -1.11. The molecule has 112 valence electrons. The molecule has 1 atom stereocenters. The summed E-state index contributed by atoms with van der Waals surface area (Å²) in [4.78, 5) is 0. The zero-order chi connectivity index (χ0) is 15.6. The fraction of sp³-hybridized carbons (Fsp3) is 0.200. The SMILES string of the molecule is COc1cc(C(N)c2ccc(Br)c(F)c2)c(OC)cc1Br. The van der Waals surface area contributed by atoms with Gasteiger partial charge in [0.1, 0.15) is 17.3 Å². The van der Waals surface area contributed by atoms with Crippen molar-refractivity contribution in [3.63, 3.8) is 0 Å². The quantitative estimate of drug-likeness (QED) is 0.799. The summed E-state index contributed by atoms with van der Waals surface area (Å²) in [7, 11) is 3.13. The molecule has 0 aliphatic rings. The van der Waals surface area contributed by atoms with Crippen molar-refractivity contribution in [2.24, 2.45) is 5.73 Å². The third-order valence-electron chi connectivity index (χ3n) is 3.14. The first kappa shape index (κ1) is 16.3. The first-order valence-electron chi connectivity index (χ1n) is 6.10. The summed E-state index contributed by atoms with van der Waals surface area (Å²) in [5.74, 6) is 0.892. The minimum absolute atomic E-state index is 0.356. The molecule has 6 heteroatoms. The van der Waals surface area contributed by atoms with Gasteiger partial charge >= 0.3 is 0 Å². The fourth-order valence-corrected chi connectivity index (χ4v) is 2.74. The highest BCUT2D eigenvalue weighted by Crippen LogP contribution is 2.37. The smallest absolute Gasteiger partial charge is 0.137 e. The molecule has 0 radical (unpaired) electrons. The number of ether oxygens (including phenoxy) is 2. The molecular weight excluding hydrogens is 405 g/mol. The van der Waals surface area contributed by atoms with Gasteiger partial charge in [-0.15, -0.1) is 0 Å². The van der Waals surface area contributed by atoms with Crippen LogP contribution in [-0.4, -0.2) is 14.2 Å². The monoisotopic (exact) mass is 417 g/mol. The molecule has 2 aromatic rings. The van der Waals surface area contributed by atoms with Gasteiger partial charge in [0, 0.05) is 5.56 Å². The van der Waals surface area contributed by atoms with Gasteiger partial charge in [-0.25, -0.2) is 4.39 Å². The van der Waals surface area contributed by atoms with Crippen LogP contribution < -0.4 is 15.2 Å². The Morgan fingerprint density at radius 3 is 2.24 bits per heavy atom. The number of benzene rings is 2. The van der Waals surface area contributed by atoms with E-state index in [1.165, 1.54) is 6.07 Å². The van der Waals surface area contributed by atoms with E-state index in [2.05, 4.69) is 31.9 Å². The summed E-state index contributed by atoms with van der Waals surface area (Å²) in [6.07, 6.45) is 0. The Morgan fingerprint density at radius 2 is 1.67 bits per heavy atom. The first-order valence-corrected chi connectivity index (χ1v) is 7.68. The number of hydrogen-bond donors (Lipinski definition) is 1. The van der Waals surface area contributed by atoms with E-state index in [1.807, 2.05) is 0 Å². The van der Waals surface area contributed by atoms with Gasteiger partial charge in [0.05, 0.1) is 29.2 Å². The second kappa shape index (κ2) is 6.77. The first-order chi connectivity index (χ1) is 9.97. The van der Waals surface area contributed by atoms with E-state index < -0.39 is 6.04 Å². The zero-order valence-corrected chi connectivity index (χ0v) is 14.7. The summed E-state index contributed by atoms with van der Waals surface area (Å²) in [5.41, 5.74) is 7.63. The van der Waals surface area contributed by atoms with Gasteiger partial charge < -0.3 is 15.2 Å². The van der Waals surface area contributed by atoms with E-state index in [1.54, 1.807) is 38.5 Å². The molecule has 0 amide bonds. The summed E-state index contributed by atoms with van der Waals surface area (Å²) in [6, 6.07) is 7.85. The maximum atomic E-state index is 13.7. The Bertz CT molecular complexity index is 664. The van der Waals surface area contributed by atoms with Crippen molar-refractivity contribution >= 4 is 31.9 Å². The van der Waals surface area contributed by atoms with E-state index >= 15 is 0 Å². The van der Waals surface area contributed by atoms with Gasteiger partial charge in [0.25, 0.3) is 0 Å². The van der Waals surface area contributed by atoms with Crippen LogP contribution in [0.25, 0.3) is 0 Å². The number of methoxy groups -OCH3 is 2. The number of hydrogen-bond acceptors (Lipinski definition) is 3. The summed E-state index contributed by atoms with van der Waals surface area (Å²) >= 11 is 6.53. The average molecular weight is 419 g/mol. The summed E-state index contributed by atoms with van der Waals surface area (Å²) in [6.45, 7) is 0. The maximum Gasteiger partial charge on any atom is 0.137 e. The number of halogens is 3. The van der Waals surface area contributed by atoms with E-state index in [9.17, 15) is 4.39 Å². The molecule has 2 N–H and O–H groups in total. The second-order valence-corrected chi connectivity index (χ2v) is 6.09. The van der Waals surface area contributed by atoms with Gasteiger partial charge in [-0.2, -0.15) is 0 Å². The zero-order valence-electron chi connectivity index (χ0n) is 11.5. The molecule has 0 saturated carbocycles. The molecule has 0 spiro atoms. The molecule has 2 rings (SSSR count). The van der Waals surface area contributed by atoms with Crippen LogP contribution in [0.15, 0.2) is 39.3 Å². The fourth-order valence-electron chi connectivity index (χ4n) is 2.01. The van der Waals surface area contributed by atoms with E-state index in [4.69, 9.17) is 15.2 Å². The van der Waals surface area contributed by atoms with Gasteiger partial charge in [-0.05, 0) is 61.7 Å². The van der Waals surface area contributed by atoms with Crippen molar-refractivity contribution in [1.82, 2.24) is 0 Å². The molecular formula is C15H14Br2FNO2. The molecule has 0 aliphatic heterocycles. The van der Waals surface area contributed by atoms with E-state index in [0.29, 0.717) is 21.5 Å². The van der Waals surface area contributed by atoms with Gasteiger partial charge in [-0.1, -0.05) is 6.07 Å². The highest BCUT2D eigenvalue weighted by atomic mass is 79.9. The molecule has 0 aliphatic carbocycles. The molecule has 1 unspecified atom stereocenters. The maximum absolute atomic E-state index is 13.7. The molecule has 0 fully saturated rings. The number of rotatable bonds is 4. The van der Waals surface area contributed by atoms with Gasteiger partial charge in [0.2, 0.25) is 0 Å². The van der Waals surface area contributed by atoms with Crippen LogP contribution in [0.5, 0.6) is 11.5 Å². The Labute approximate surface area is 139 Å². The molecule has 0 aromatic heterocycles. The van der Waals surface area contributed by atoms with Crippen LogP contribution in [0.1, 0.15) is 17.2 Å². The summed E-state index contributed by atoms with van der Waals surface area (Å²) < 4.78 is 25.5. The van der Waals surface area contributed by atoms with Crippen molar-refractivity contribution in [3.8, 4) is 11.5 Å². The Kier molecular flexibility index (Phi) is 5.24. The van der Waals surface area contributed by atoms with Crippen LogP contribution >= 0.6 is 31.9 Å². The number of nitrogens with two attached hydrogens (primary N) is 1. The van der Waals surface area contributed by atoms with Crippen LogP contribution in [0.3, 0.4) is 0 Å².